The molecule has 2 aliphatic rings. The maximum atomic E-state index is 13.0. The average molecular weight is 463 g/mol. The Balaban J connectivity index is 1.29. The van der Waals surface area contributed by atoms with Gasteiger partial charge in [-0.25, -0.2) is 18.2 Å². The standard InChI is InChI=1S/C25H26N4O3S/c1-33(31,32)29-18-25(21-9-5-6-10-22(21)29)12-15-28(16-13-25)24(30)27-23-17-20(11-14-26-23)19-7-3-2-4-8-19/h2-11,14,17H,12-13,15-16,18H2,1H3,(H,26,27,30). The number of carbonyl (C=O) groups is 1. The number of rotatable bonds is 3. The molecule has 2 amide bonds. The fraction of sp³-hybridized carbons (Fsp3) is 0.280. The first kappa shape index (κ1) is 21.5. The van der Waals surface area contributed by atoms with Gasteiger partial charge in [0, 0.05) is 31.2 Å². The number of hydrogen-bond donors (Lipinski definition) is 1. The van der Waals surface area contributed by atoms with Gasteiger partial charge in [-0.15, -0.1) is 0 Å². The largest absolute Gasteiger partial charge is 0.324 e. The van der Waals surface area contributed by atoms with Gasteiger partial charge in [0.15, 0.2) is 0 Å². The topological polar surface area (TPSA) is 82.6 Å². The van der Waals surface area contributed by atoms with Crippen LogP contribution in [0.5, 0.6) is 0 Å². The van der Waals surface area contributed by atoms with E-state index in [0.717, 1.165) is 22.4 Å². The lowest BCUT2D eigenvalue weighted by Gasteiger charge is -2.39. The molecule has 0 atom stereocenters. The van der Waals surface area contributed by atoms with Crippen molar-refractivity contribution in [2.45, 2.75) is 18.3 Å². The molecular weight excluding hydrogens is 436 g/mol. The predicted octanol–water partition coefficient (Wildman–Crippen LogP) is 4.09. The number of hydrogen-bond acceptors (Lipinski definition) is 4. The Hall–Kier alpha value is -3.39. The number of fused-ring (bicyclic) bond motifs is 2. The van der Waals surface area contributed by atoms with Crippen molar-refractivity contribution < 1.29 is 13.2 Å². The molecule has 0 bridgehead atoms. The smallest absolute Gasteiger partial charge is 0.323 e. The zero-order valence-corrected chi connectivity index (χ0v) is 19.3. The molecule has 3 heterocycles. The van der Waals surface area contributed by atoms with Gasteiger partial charge >= 0.3 is 6.03 Å². The SMILES string of the molecule is CS(=O)(=O)N1CC2(CCN(C(=O)Nc3cc(-c4ccccc4)ccn3)CC2)c2ccccc21. The number of piperidine rings is 1. The molecule has 2 aliphatic heterocycles. The van der Waals surface area contributed by atoms with Crippen molar-refractivity contribution >= 4 is 27.6 Å². The highest BCUT2D eigenvalue weighted by Crippen LogP contribution is 2.47. The molecule has 2 aromatic carbocycles. The number of benzene rings is 2. The Kier molecular flexibility index (Phi) is 5.32. The second kappa shape index (κ2) is 8.19. The molecule has 0 unspecified atom stereocenters. The monoisotopic (exact) mass is 462 g/mol. The number of urea groups is 1. The quantitative estimate of drug-likeness (QED) is 0.636. The van der Waals surface area contributed by atoms with Crippen molar-refractivity contribution in [1.82, 2.24) is 9.88 Å². The zero-order valence-electron chi connectivity index (χ0n) is 18.4. The number of amides is 2. The first-order valence-electron chi connectivity index (χ1n) is 11.0. The average Bonchev–Trinajstić information content (AvgIpc) is 3.15. The van der Waals surface area contributed by atoms with E-state index in [1.807, 2.05) is 66.7 Å². The number of likely N-dealkylation sites (tertiary alicyclic amines) is 1. The first-order valence-corrected chi connectivity index (χ1v) is 12.9. The van der Waals surface area contributed by atoms with Crippen molar-refractivity contribution in [2.24, 2.45) is 0 Å². The molecule has 3 aromatic rings. The Labute approximate surface area is 194 Å². The van der Waals surface area contributed by atoms with E-state index < -0.39 is 10.0 Å². The van der Waals surface area contributed by atoms with E-state index in [1.54, 1.807) is 11.1 Å². The maximum absolute atomic E-state index is 13.0. The van der Waals surface area contributed by atoms with Crippen molar-refractivity contribution in [3.05, 3.63) is 78.5 Å². The third-order valence-electron chi connectivity index (χ3n) is 6.70. The van der Waals surface area contributed by atoms with Gasteiger partial charge in [-0.2, -0.15) is 0 Å². The second-order valence-corrected chi connectivity index (χ2v) is 10.7. The van der Waals surface area contributed by atoms with Crippen molar-refractivity contribution in [3.63, 3.8) is 0 Å². The van der Waals surface area contributed by atoms with Gasteiger partial charge < -0.3 is 4.90 Å². The summed E-state index contributed by atoms with van der Waals surface area (Å²) in [7, 11) is -3.36. The summed E-state index contributed by atoms with van der Waals surface area (Å²) in [6, 6.07) is 21.3. The molecule has 33 heavy (non-hydrogen) atoms. The molecule has 0 radical (unpaired) electrons. The van der Waals surface area contributed by atoms with E-state index in [9.17, 15) is 13.2 Å². The number of nitrogens with zero attached hydrogens (tertiary/aromatic N) is 3. The second-order valence-electron chi connectivity index (χ2n) is 8.78. The number of sulfonamides is 1. The van der Waals surface area contributed by atoms with Crippen LogP contribution in [0, 0.1) is 0 Å². The number of aromatic nitrogens is 1. The Morgan fingerprint density at radius 1 is 0.970 bits per heavy atom. The van der Waals surface area contributed by atoms with Crippen LogP contribution < -0.4 is 9.62 Å². The normalized spacial score (nSPS) is 17.1. The first-order chi connectivity index (χ1) is 15.9. The summed E-state index contributed by atoms with van der Waals surface area (Å²) in [6.45, 7) is 1.54. The van der Waals surface area contributed by atoms with E-state index in [-0.39, 0.29) is 11.4 Å². The molecule has 1 saturated heterocycles. The molecule has 1 N–H and O–H groups in total. The lowest BCUT2D eigenvalue weighted by molar-refractivity contribution is 0.173. The molecule has 0 aliphatic carbocycles. The van der Waals surface area contributed by atoms with Gasteiger partial charge in [-0.1, -0.05) is 48.5 Å². The lowest BCUT2D eigenvalue weighted by Crippen LogP contribution is -2.48. The highest BCUT2D eigenvalue weighted by atomic mass is 32.2. The molecular formula is C25H26N4O3S. The Morgan fingerprint density at radius 3 is 2.39 bits per heavy atom. The number of carbonyl (C=O) groups excluding carboxylic acids is 1. The van der Waals surface area contributed by atoms with Crippen LogP contribution in [0.25, 0.3) is 11.1 Å². The van der Waals surface area contributed by atoms with Crippen molar-refractivity contribution in [2.75, 3.05) is 35.5 Å². The summed E-state index contributed by atoms with van der Waals surface area (Å²) >= 11 is 0. The molecule has 0 saturated carbocycles. The van der Waals surface area contributed by atoms with Crippen LogP contribution >= 0.6 is 0 Å². The fourth-order valence-electron chi connectivity index (χ4n) is 4.94. The molecule has 5 rings (SSSR count). The van der Waals surface area contributed by atoms with Crippen molar-refractivity contribution in [3.8, 4) is 11.1 Å². The van der Waals surface area contributed by atoms with Crippen LogP contribution in [-0.2, 0) is 15.4 Å². The number of pyridine rings is 1. The fourth-order valence-corrected chi connectivity index (χ4v) is 5.94. The van der Waals surface area contributed by atoms with Gasteiger partial charge in [0.25, 0.3) is 0 Å². The van der Waals surface area contributed by atoms with Crippen LogP contribution in [-0.4, -0.2) is 50.2 Å². The van der Waals surface area contributed by atoms with E-state index >= 15 is 0 Å². The summed E-state index contributed by atoms with van der Waals surface area (Å²) in [5.41, 5.74) is 3.61. The highest BCUT2D eigenvalue weighted by Gasteiger charge is 2.47. The van der Waals surface area contributed by atoms with Gasteiger partial charge in [0.2, 0.25) is 10.0 Å². The van der Waals surface area contributed by atoms with Gasteiger partial charge in [-0.3, -0.25) is 9.62 Å². The number of anilines is 2. The van der Waals surface area contributed by atoms with Gasteiger partial charge in [0.05, 0.1) is 11.9 Å². The lowest BCUT2D eigenvalue weighted by atomic mass is 9.74. The summed E-state index contributed by atoms with van der Waals surface area (Å²) < 4.78 is 26.3. The summed E-state index contributed by atoms with van der Waals surface area (Å²) in [5.74, 6) is 0.510. The molecule has 7 nitrogen and oxygen atoms in total. The van der Waals surface area contributed by atoms with Crippen LogP contribution in [0.1, 0.15) is 18.4 Å². The highest BCUT2D eigenvalue weighted by molar-refractivity contribution is 7.92. The summed E-state index contributed by atoms with van der Waals surface area (Å²) in [5, 5.41) is 2.92. The van der Waals surface area contributed by atoms with Gasteiger partial charge in [0.1, 0.15) is 5.82 Å². The minimum Gasteiger partial charge on any atom is -0.324 e. The van der Waals surface area contributed by atoms with Crippen LogP contribution in [0.3, 0.4) is 0 Å². The minimum atomic E-state index is -3.36. The van der Waals surface area contributed by atoms with Crippen LogP contribution in [0.4, 0.5) is 16.3 Å². The molecule has 8 heteroatoms. The zero-order chi connectivity index (χ0) is 23.1. The third-order valence-corrected chi connectivity index (χ3v) is 7.83. The molecule has 1 spiro atoms. The number of para-hydroxylation sites is 1. The van der Waals surface area contributed by atoms with E-state index in [2.05, 4.69) is 10.3 Å². The third kappa shape index (κ3) is 4.06. The van der Waals surface area contributed by atoms with E-state index in [4.69, 9.17) is 0 Å². The summed E-state index contributed by atoms with van der Waals surface area (Å²) in [4.78, 5) is 19.0. The Bertz CT molecular complexity index is 1290. The summed E-state index contributed by atoms with van der Waals surface area (Å²) in [6.07, 6.45) is 4.36. The van der Waals surface area contributed by atoms with Crippen LogP contribution in [0.2, 0.25) is 0 Å². The number of nitrogens with one attached hydrogen (secondary N) is 1. The van der Waals surface area contributed by atoms with E-state index in [1.165, 1.54) is 10.6 Å². The van der Waals surface area contributed by atoms with Gasteiger partial charge in [-0.05, 0) is 47.7 Å². The Morgan fingerprint density at radius 2 is 1.67 bits per heavy atom. The van der Waals surface area contributed by atoms with Crippen molar-refractivity contribution in [1.29, 1.82) is 0 Å². The minimum absolute atomic E-state index is 0.186. The molecule has 1 aromatic heterocycles. The van der Waals surface area contributed by atoms with Crippen LogP contribution in [0.15, 0.2) is 72.9 Å². The van der Waals surface area contributed by atoms with E-state index in [0.29, 0.717) is 38.3 Å². The predicted molar refractivity (Wildman–Crippen MR) is 130 cm³/mol. The molecule has 1 fully saturated rings. The molecule has 170 valence electrons. The maximum Gasteiger partial charge on any atom is 0.323 e.